The molecule has 1 aromatic rings. The van der Waals surface area contributed by atoms with E-state index in [9.17, 15) is 0 Å². The molecule has 0 bridgehead atoms. The lowest BCUT2D eigenvalue weighted by molar-refractivity contribution is -0.693. The molecule has 0 saturated carbocycles. The van der Waals surface area contributed by atoms with Crippen LogP contribution >= 0.6 is 0 Å². The molecule has 0 spiro atoms. The summed E-state index contributed by atoms with van der Waals surface area (Å²) in [5, 5.41) is 14.5. The first-order chi connectivity index (χ1) is 5.74. The zero-order chi connectivity index (χ0) is 9.40. The van der Waals surface area contributed by atoms with Gasteiger partial charge in [0, 0.05) is 0 Å². The third-order valence-electron chi connectivity index (χ3n) is 1.24. The molecular weight excluding hydrogens is 152 g/mol. The minimum absolute atomic E-state index is 1.06. The Labute approximate surface area is 71.9 Å². The molecule has 0 unspecified atom stereocenters. The molecule has 0 amide bonds. The second kappa shape index (κ2) is 5.94. The van der Waals surface area contributed by atoms with Crippen LogP contribution in [-0.4, -0.2) is 4.57 Å². The van der Waals surface area contributed by atoms with Crippen molar-refractivity contribution in [3.8, 4) is 12.1 Å². The molecule has 4 nitrogen and oxygen atoms in total. The van der Waals surface area contributed by atoms with Crippen molar-refractivity contribution in [3.05, 3.63) is 18.7 Å². The highest BCUT2D eigenvalue weighted by molar-refractivity contribution is 4.99. The Kier molecular flexibility index (Phi) is 5.04. The molecule has 1 heterocycles. The summed E-state index contributed by atoms with van der Waals surface area (Å²) >= 11 is 0. The van der Waals surface area contributed by atoms with Crippen molar-refractivity contribution in [2.24, 2.45) is 7.05 Å². The summed E-state index contributed by atoms with van der Waals surface area (Å²) in [7, 11) is 2.02. The topological polar surface area (TPSA) is 56.4 Å². The van der Waals surface area contributed by atoms with Gasteiger partial charge in [0.15, 0.2) is 12.1 Å². The van der Waals surface area contributed by atoms with E-state index in [1.165, 1.54) is 12.1 Å². The fraction of sp³-hybridized carbons (Fsp3) is 0.375. The Morgan fingerprint density at radius 3 is 2.17 bits per heavy atom. The number of imidazole rings is 1. The Balaban J connectivity index is 0.000000261. The number of hydrogen-bond acceptors (Lipinski definition) is 2. The molecule has 0 N–H and O–H groups in total. The molecular formula is C8H11N4+. The SMILES string of the molecule is CC[n+]1ccn(C)c1.N#CC#N. The molecule has 0 saturated heterocycles. The maximum Gasteiger partial charge on any atom is 0.243 e. The van der Waals surface area contributed by atoms with E-state index in [1.807, 2.05) is 17.8 Å². The van der Waals surface area contributed by atoms with Crippen LogP contribution in [0.5, 0.6) is 0 Å². The molecule has 1 rings (SSSR count). The van der Waals surface area contributed by atoms with Crippen LogP contribution in [0.15, 0.2) is 18.7 Å². The van der Waals surface area contributed by atoms with E-state index in [4.69, 9.17) is 10.5 Å². The predicted octanol–water partition coefficient (Wildman–Crippen LogP) is 0.366. The molecule has 0 aromatic carbocycles. The quantitative estimate of drug-likeness (QED) is 0.561. The molecule has 1 aromatic heterocycles. The fourth-order valence-corrected chi connectivity index (χ4v) is 0.689. The number of aryl methyl sites for hydroxylation is 2. The summed E-state index contributed by atoms with van der Waals surface area (Å²) in [4.78, 5) is 0. The van der Waals surface area contributed by atoms with Gasteiger partial charge in [0.1, 0.15) is 12.4 Å². The number of nitriles is 2. The van der Waals surface area contributed by atoms with Crippen molar-refractivity contribution in [1.29, 1.82) is 10.5 Å². The number of nitrogens with zero attached hydrogens (tertiary/aromatic N) is 4. The Bertz CT molecular complexity index is 288. The monoisotopic (exact) mass is 163 g/mol. The summed E-state index contributed by atoms with van der Waals surface area (Å²) in [6, 6.07) is 2.47. The van der Waals surface area contributed by atoms with Crippen LogP contribution in [0.2, 0.25) is 0 Å². The van der Waals surface area contributed by atoms with Gasteiger partial charge < -0.3 is 0 Å². The maximum atomic E-state index is 7.26. The normalized spacial score (nSPS) is 7.33. The third kappa shape index (κ3) is 4.08. The molecule has 0 atom stereocenters. The van der Waals surface area contributed by atoms with Crippen LogP contribution in [0.1, 0.15) is 6.92 Å². The van der Waals surface area contributed by atoms with Gasteiger partial charge >= 0.3 is 0 Å². The second-order valence-corrected chi connectivity index (χ2v) is 2.13. The highest BCUT2D eigenvalue weighted by Crippen LogP contribution is 1.74. The van der Waals surface area contributed by atoms with Gasteiger partial charge in [0.2, 0.25) is 6.33 Å². The number of aromatic nitrogens is 2. The van der Waals surface area contributed by atoms with Crippen molar-refractivity contribution in [2.45, 2.75) is 13.5 Å². The lowest BCUT2D eigenvalue weighted by Gasteiger charge is -1.81. The van der Waals surface area contributed by atoms with Gasteiger partial charge in [-0.25, -0.2) is 9.13 Å². The van der Waals surface area contributed by atoms with Crippen molar-refractivity contribution in [1.82, 2.24) is 4.57 Å². The van der Waals surface area contributed by atoms with Crippen LogP contribution in [0.25, 0.3) is 0 Å². The first kappa shape index (κ1) is 10.2. The largest absolute Gasteiger partial charge is 0.243 e. The number of hydrogen-bond donors (Lipinski definition) is 0. The van der Waals surface area contributed by atoms with Gasteiger partial charge in [-0.2, -0.15) is 10.5 Å². The molecule has 0 aliphatic rings. The summed E-state index contributed by atoms with van der Waals surface area (Å²) in [6.07, 6.45) is 6.14. The van der Waals surface area contributed by atoms with Gasteiger partial charge in [-0.15, -0.1) is 0 Å². The van der Waals surface area contributed by atoms with Gasteiger partial charge in [-0.1, -0.05) is 0 Å². The van der Waals surface area contributed by atoms with Crippen LogP contribution < -0.4 is 4.57 Å². The lowest BCUT2D eigenvalue weighted by atomic mass is 10.7. The smallest absolute Gasteiger partial charge is 0.240 e. The fourth-order valence-electron chi connectivity index (χ4n) is 0.689. The summed E-state index contributed by atoms with van der Waals surface area (Å²) < 4.78 is 4.16. The summed E-state index contributed by atoms with van der Waals surface area (Å²) in [5.74, 6) is 0. The van der Waals surface area contributed by atoms with Gasteiger partial charge in [0.05, 0.1) is 13.6 Å². The first-order valence-electron chi connectivity index (χ1n) is 3.53. The van der Waals surface area contributed by atoms with Crippen molar-refractivity contribution in [2.75, 3.05) is 0 Å². The maximum absolute atomic E-state index is 7.26. The Hall–Kier alpha value is -1.81. The predicted molar refractivity (Wildman–Crippen MR) is 42.5 cm³/mol. The molecule has 0 aliphatic heterocycles. The van der Waals surface area contributed by atoms with E-state index in [-0.39, 0.29) is 0 Å². The van der Waals surface area contributed by atoms with E-state index in [0.29, 0.717) is 0 Å². The molecule has 4 heteroatoms. The molecule has 12 heavy (non-hydrogen) atoms. The third-order valence-corrected chi connectivity index (χ3v) is 1.24. The number of rotatable bonds is 1. The highest BCUT2D eigenvalue weighted by atomic mass is 15.1. The van der Waals surface area contributed by atoms with Crippen molar-refractivity contribution >= 4 is 0 Å². The van der Waals surface area contributed by atoms with Crippen molar-refractivity contribution < 1.29 is 4.57 Å². The molecule has 0 aliphatic carbocycles. The van der Waals surface area contributed by atoms with Crippen LogP contribution in [0, 0.1) is 22.7 Å². The molecule has 0 radical (unpaired) electrons. The standard InChI is InChI=1S/C6H11N2.C2N2/c1-3-8-5-4-7(2)6-8;3-1-2-4/h4-6H,3H2,1-2H3;/q+1;. The zero-order valence-electron chi connectivity index (χ0n) is 7.23. The summed E-state index contributed by atoms with van der Waals surface area (Å²) in [6.45, 7) is 3.18. The average Bonchev–Trinajstić information content (AvgIpc) is 2.52. The van der Waals surface area contributed by atoms with E-state index in [1.54, 1.807) is 0 Å². The first-order valence-corrected chi connectivity index (χ1v) is 3.53. The van der Waals surface area contributed by atoms with Crippen LogP contribution in [-0.2, 0) is 13.6 Å². The van der Waals surface area contributed by atoms with Gasteiger partial charge in [-0.05, 0) is 6.92 Å². The lowest BCUT2D eigenvalue weighted by Crippen LogP contribution is -2.28. The van der Waals surface area contributed by atoms with Gasteiger partial charge in [-0.3, -0.25) is 0 Å². The van der Waals surface area contributed by atoms with E-state index in [0.717, 1.165) is 6.54 Å². The van der Waals surface area contributed by atoms with Crippen LogP contribution in [0.4, 0.5) is 0 Å². The van der Waals surface area contributed by atoms with Crippen molar-refractivity contribution in [3.63, 3.8) is 0 Å². The van der Waals surface area contributed by atoms with Gasteiger partial charge in [0.25, 0.3) is 0 Å². The van der Waals surface area contributed by atoms with Crippen LogP contribution in [0.3, 0.4) is 0 Å². The van der Waals surface area contributed by atoms with E-state index < -0.39 is 0 Å². The Morgan fingerprint density at radius 2 is 2.00 bits per heavy atom. The highest BCUT2D eigenvalue weighted by Gasteiger charge is 1.92. The van der Waals surface area contributed by atoms with E-state index >= 15 is 0 Å². The minimum atomic E-state index is 1.06. The molecule has 62 valence electrons. The summed E-state index contributed by atoms with van der Waals surface area (Å²) in [5.41, 5.74) is 0. The van der Waals surface area contributed by atoms with E-state index in [2.05, 4.69) is 24.0 Å². The molecule has 0 fully saturated rings. The Morgan fingerprint density at radius 1 is 1.42 bits per heavy atom. The second-order valence-electron chi connectivity index (χ2n) is 2.13. The average molecular weight is 163 g/mol. The minimum Gasteiger partial charge on any atom is -0.240 e. The zero-order valence-corrected chi connectivity index (χ0v) is 7.23.